The van der Waals surface area contributed by atoms with Crippen LogP contribution in [0.3, 0.4) is 0 Å². The second-order valence-electron chi connectivity index (χ2n) is 5.29. The van der Waals surface area contributed by atoms with Crippen molar-refractivity contribution in [3.63, 3.8) is 0 Å². The van der Waals surface area contributed by atoms with Crippen molar-refractivity contribution < 1.29 is 0 Å². The standard InChI is InChI=1S/C15H28ClN3/c1-5-7-8-9-10-12(3)17-11-14-15(16)13(4)18-19(14)6-2/h12,17H,5-11H2,1-4H3. The summed E-state index contributed by atoms with van der Waals surface area (Å²) in [4.78, 5) is 0. The molecule has 0 aliphatic rings. The molecule has 1 aromatic rings. The number of aromatic nitrogens is 2. The van der Waals surface area contributed by atoms with E-state index in [9.17, 15) is 0 Å². The Labute approximate surface area is 122 Å². The second kappa shape index (κ2) is 8.60. The summed E-state index contributed by atoms with van der Waals surface area (Å²) in [5.41, 5.74) is 2.04. The van der Waals surface area contributed by atoms with Crippen LogP contribution in [0.2, 0.25) is 5.02 Å². The van der Waals surface area contributed by atoms with Crippen molar-refractivity contribution in [2.24, 2.45) is 0 Å². The Morgan fingerprint density at radius 2 is 2.00 bits per heavy atom. The highest BCUT2D eigenvalue weighted by Crippen LogP contribution is 2.20. The highest BCUT2D eigenvalue weighted by molar-refractivity contribution is 6.31. The zero-order chi connectivity index (χ0) is 14.3. The fraction of sp³-hybridized carbons (Fsp3) is 0.800. The van der Waals surface area contributed by atoms with Crippen molar-refractivity contribution >= 4 is 11.6 Å². The molecule has 4 heteroatoms. The first kappa shape index (κ1) is 16.5. The van der Waals surface area contributed by atoms with E-state index in [1.165, 1.54) is 32.1 Å². The number of rotatable bonds is 9. The van der Waals surface area contributed by atoms with Gasteiger partial charge < -0.3 is 5.32 Å². The van der Waals surface area contributed by atoms with Crippen LogP contribution >= 0.6 is 11.6 Å². The zero-order valence-electron chi connectivity index (χ0n) is 12.8. The molecule has 0 aliphatic heterocycles. The summed E-state index contributed by atoms with van der Waals surface area (Å²) in [5, 5.41) is 8.81. The van der Waals surface area contributed by atoms with Gasteiger partial charge in [0.2, 0.25) is 0 Å². The van der Waals surface area contributed by atoms with Crippen molar-refractivity contribution in [2.45, 2.75) is 78.9 Å². The normalized spacial score (nSPS) is 12.9. The minimum atomic E-state index is 0.536. The molecule has 1 N–H and O–H groups in total. The van der Waals surface area contributed by atoms with Crippen LogP contribution < -0.4 is 5.32 Å². The third-order valence-corrected chi connectivity index (χ3v) is 4.05. The number of nitrogens with one attached hydrogen (secondary N) is 1. The third kappa shape index (κ3) is 5.15. The topological polar surface area (TPSA) is 29.9 Å². The molecule has 0 aromatic carbocycles. The number of hydrogen-bond acceptors (Lipinski definition) is 2. The molecule has 0 radical (unpaired) electrons. The van der Waals surface area contributed by atoms with Crippen molar-refractivity contribution in [3.05, 3.63) is 16.4 Å². The van der Waals surface area contributed by atoms with Crippen LogP contribution in [-0.2, 0) is 13.1 Å². The predicted molar refractivity (Wildman–Crippen MR) is 82.7 cm³/mol. The molecular weight excluding hydrogens is 258 g/mol. The Morgan fingerprint density at radius 1 is 1.26 bits per heavy atom. The summed E-state index contributed by atoms with van der Waals surface area (Å²) in [6, 6.07) is 0.536. The molecule has 1 unspecified atom stereocenters. The van der Waals surface area contributed by atoms with Gasteiger partial charge in [0, 0.05) is 19.1 Å². The smallest absolute Gasteiger partial charge is 0.0860 e. The molecule has 0 saturated heterocycles. The molecule has 1 aromatic heterocycles. The maximum Gasteiger partial charge on any atom is 0.0860 e. The number of aryl methyl sites for hydroxylation is 2. The summed E-state index contributed by atoms with van der Waals surface area (Å²) in [6.07, 6.45) is 6.53. The van der Waals surface area contributed by atoms with Crippen LogP contribution in [0.5, 0.6) is 0 Å². The lowest BCUT2D eigenvalue weighted by molar-refractivity contribution is 0.468. The fourth-order valence-corrected chi connectivity index (χ4v) is 2.49. The first-order chi connectivity index (χ1) is 9.10. The predicted octanol–water partition coefficient (Wildman–Crippen LogP) is 4.31. The zero-order valence-corrected chi connectivity index (χ0v) is 13.6. The number of unbranched alkanes of at least 4 members (excludes halogenated alkanes) is 3. The molecule has 1 heterocycles. The lowest BCUT2D eigenvalue weighted by Crippen LogP contribution is -2.26. The van der Waals surface area contributed by atoms with Gasteiger partial charge in [-0.25, -0.2) is 0 Å². The van der Waals surface area contributed by atoms with Crippen LogP contribution in [-0.4, -0.2) is 15.8 Å². The molecule has 0 spiro atoms. The van der Waals surface area contributed by atoms with Crippen molar-refractivity contribution in [1.82, 2.24) is 15.1 Å². The maximum absolute atomic E-state index is 6.30. The summed E-state index contributed by atoms with van der Waals surface area (Å²) in [5.74, 6) is 0. The molecule has 0 saturated carbocycles. The van der Waals surface area contributed by atoms with E-state index in [1.54, 1.807) is 0 Å². The van der Waals surface area contributed by atoms with Gasteiger partial charge in [-0.3, -0.25) is 4.68 Å². The van der Waals surface area contributed by atoms with E-state index in [4.69, 9.17) is 11.6 Å². The van der Waals surface area contributed by atoms with Gasteiger partial charge in [-0.15, -0.1) is 0 Å². The third-order valence-electron chi connectivity index (χ3n) is 3.56. The summed E-state index contributed by atoms with van der Waals surface area (Å²) in [7, 11) is 0. The van der Waals surface area contributed by atoms with Gasteiger partial charge in [0.25, 0.3) is 0 Å². The molecule has 1 atom stereocenters. The molecule has 0 fully saturated rings. The Bertz CT molecular complexity index is 374. The summed E-state index contributed by atoms with van der Waals surface area (Å²) >= 11 is 6.30. The van der Waals surface area contributed by atoms with Crippen molar-refractivity contribution in [3.8, 4) is 0 Å². The van der Waals surface area contributed by atoms with E-state index in [-0.39, 0.29) is 0 Å². The Kier molecular flexibility index (Phi) is 7.47. The summed E-state index contributed by atoms with van der Waals surface area (Å²) in [6.45, 7) is 10.2. The maximum atomic E-state index is 6.30. The largest absolute Gasteiger partial charge is 0.309 e. The molecule has 0 amide bonds. The number of nitrogens with zero attached hydrogens (tertiary/aromatic N) is 2. The summed E-state index contributed by atoms with van der Waals surface area (Å²) < 4.78 is 1.99. The van der Waals surface area contributed by atoms with Gasteiger partial charge >= 0.3 is 0 Å². The van der Waals surface area contributed by atoms with Gasteiger partial charge in [-0.2, -0.15) is 5.10 Å². The molecule has 0 bridgehead atoms. The highest BCUT2D eigenvalue weighted by atomic mass is 35.5. The van der Waals surface area contributed by atoms with Gasteiger partial charge in [0.15, 0.2) is 0 Å². The first-order valence-corrected chi connectivity index (χ1v) is 7.93. The van der Waals surface area contributed by atoms with Gasteiger partial charge in [0.05, 0.1) is 16.4 Å². The molecule has 1 rings (SSSR count). The van der Waals surface area contributed by atoms with Gasteiger partial charge in [-0.1, -0.05) is 44.2 Å². The lowest BCUT2D eigenvalue weighted by atomic mass is 10.1. The van der Waals surface area contributed by atoms with Crippen molar-refractivity contribution in [2.75, 3.05) is 0 Å². The van der Waals surface area contributed by atoms with Crippen LogP contribution in [0.4, 0.5) is 0 Å². The Balaban J connectivity index is 2.39. The Morgan fingerprint density at radius 3 is 2.63 bits per heavy atom. The van der Waals surface area contributed by atoms with E-state index in [2.05, 4.69) is 31.2 Å². The van der Waals surface area contributed by atoms with E-state index in [0.717, 1.165) is 29.5 Å². The van der Waals surface area contributed by atoms with E-state index in [0.29, 0.717) is 6.04 Å². The highest BCUT2D eigenvalue weighted by Gasteiger charge is 2.12. The van der Waals surface area contributed by atoms with Gasteiger partial charge in [-0.05, 0) is 27.2 Å². The average molecular weight is 286 g/mol. The van der Waals surface area contributed by atoms with Crippen LogP contribution in [0.25, 0.3) is 0 Å². The van der Waals surface area contributed by atoms with E-state index < -0.39 is 0 Å². The molecular formula is C15H28ClN3. The monoisotopic (exact) mass is 285 g/mol. The molecule has 0 aliphatic carbocycles. The SMILES string of the molecule is CCCCCCC(C)NCc1c(Cl)c(C)nn1CC. The van der Waals surface area contributed by atoms with E-state index >= 15 is 0 Å². The van der Waals surface area contributed by atoms with Crippen molar-refractivity contribution in [1.29, 1.82) is 0 Å². The molecule has 110 valence electrons. The molecule has 3 nitrogen and oxygen atoms in total. The van der Waals surface area contributed by atoms with Crippen LogP contribution in [0, 0.1) is 6.92 Å². The first-order valence-electron chi connectivity index (χ1n) is 7.55. The minimum absolute atomic E-state index is 0.536. The quantitative estimate of drug-likeness (QED) is 0.685. The number of halogens is 1. The molecule has 19 heavy (non-hydrogen) atoms. The van der Waals surface area contributed by atoms with E-state index in [1.807, 2.05) is 11.6 Å². The lowest BCUT2D eigenvalue weighted by Gasteiger charge is -2.14. The fourth-order valence-electron chi connectivity index (χ4n) is 2.29. The minimum Gasteiger partial charge on any atom is -0.309 e. The number of hydrogen-bond donors (Lipinski definition) is 1. The van der Waals surface area contributed by atoms with Crippen LogP contribution in [0.1, 0.15) is 64.3 Å². The average Bonchev–Trinajstić information content (AvgIpc) is 2.68. The van der Waals surface area contributed by atoms with Crippen LogP contribution in [0.15, 0.2) is 0 Å². The van der Waals surface area contributed by atoms with Gasteiger partial charge in [0.1, 0.15) is 0 Å². The second-order valence-corrected chi connectivity index (χ2v) is 5.67. The Hall–Kier alpha value is -0.540.